The van der Waals surface area contributed by atoms with Gasteiger partial charge in [0.15, 0.2) is 0 Å². The van der Waals surface area contributed by atoms with E-state index in [0.29, 0.717) is 46.4 Å². The second-order valence-electron chi connectivity index (χ2n) is 6.03. The molecule has 29 heavy (non-hydrogen) atoms. The third kappa shape index (κ3) is 4.77. The molecule has 3 aromatic rings. The number of hydrogen-bond donors (Lipinski definition) is 1. The Kier molecular flexibility index (Phi) is 6.55. The highest BCUT2D eigenvalue weighted by Crippen LogP contribution is 2.27. The standard InChI is InChI=1S/C19H20N4O4S2/c1-5-27-19(25)17-11(3)21-15(28-17)8-13-16(10(2)23-29-13)18(24)22-12-6-7-14(26-4)20-9-12/h6-7,9H,5,8H2,1-4H3,(H,22,24). The molecule has 1 N–H and O–H groups in total. The molecule has 0 saturated heterocycles. The van der Waals surface area contributed by atoms with Gasteiger partial charge >= 0.3 is 5.97 Å². The molecule has 3 aromatic heterocycles. The molecule has 0 unspecified atom stereocenters. The third-order valence-corrected chi connectivity index (χ3v) is 6.05. The molecule has 3 heterocycles. The molecule has 152 valence electrons. The van der Waals surface area contributed by atoms with Crippen LogP contribution in [0.3, 0.4) is 0 Å². The van der Waals surface area contributed by atoms with Gasteiger partial charge < -0.3 is 14.8 Å². The summed E-state index contributed by atoms with van der Waals surface area (Å²) in [7, 11) is 1.53. The second-order valence-corrected chi connectivity index (χ2v) is 7.97. The fraction of sp³-hybridized carbons (Fsp3) is 0.316. The Morgan fingerprint density at radius 1 is 1.21 bits per heavy atom. The van der Waals surface area contributed by atoms with E-state index in [1.54, 1.807) is 32.9 Å². The van der Waals surface area contributed by atoms with Crippen LogP contribution in [0.15, 0.2) is 18.3 Å². The van der Waals surface area contributed by atoms with Crippen LogP contribution < -0.4 is 10.1 Å². The highest BCUT2D eigenvalue weighted by atomic mass is 32.1. The van der Waals surface area contributed by atoms with Crippen LogP contribution in [0.5, 0.6) is 5.88 Å². The third-order valence-electron chi connectivity index (χ3n) is 3.98. The monoisotopic (exact) mass is 432 g/mol. The van der Waals surface area contributed by atoms with E-state index in [-0.39, 0.29) is 11.9 Å². The first-order valence-corrected chi connectivity index (χ1v) is 10.4. The number of pyridine rings is 1. The maximum Gasteiger partial charge on any atom is 0.350 e. The van der Waals surface area contributed by atoms with Gasteiger partial charge in [0, 0.05) is 17.4 Å². The number of methoxy groups -OCH3 is 1. The second kappa shape index (κ2) is 9.10. The zero-order valence-corrected chi connectivity index (χ0v) is 18.1. The van der Waals surface area contributed by atoms with E-state index in [2.05, 4.69) is 19.7 Å². The van der Waals surface area contributed by atoms with Crippen LogP contribution in [0, 0.1) is 13.8 Å². The van der Waals surface area contributed by atoms with Crippen LogP contribution in [0.25, 0.3) is 0 Å². The molecule has 0 aromatic carbocycles. The first-order chi connectivity index (χ1) is 13.9. The van der Waals surface area contributed by atoms with E-state index in [9.17, 15) is 9.59 Å². The summed E-state index contributed by atoms with van der Waals surface area (Å²) in [6.45, 7) is 5.63. The molecule has 0 atom stereocenters. The van der Waals surface area contributed by atoms with E-state index < -0.39 is 0 Å². The lowest BCUT2D eigenvalue weighted by molar-refractivity contribution is 0.0531. The Balaban J connectivity index is 1.79. The lowest BCUT2D eigenvalue weighted by atomic mass is 10.1. The minimum Gasteiger partial charge on any atom is -0.481 e. The number of hydrogen-bond acceptors (Lipinski definition) is 9. The Hall–Kier alpha value is -2.85. The molecular formula is C19H20N4O4S2. The molecular weight excluding hydrogens is 412 g/mol. The Morgan fingerprint density at radius 2 is 2.00 bits per heavy atom. The normalized spacial score (nSPS) is 10.6. The number of nitrogens with one attached hydrogen (secondary N) is 1. The number of rotatable bonds is 7. The van der Waals surface area contributed by atoms with Gasteiger partial charge in [-0.15, -0.1) is 11.3 Å². The maximum absolute atomic E-state index is 12.8. The van der Waals surface area contributed by atoms with Crippen molar-refractivity contribution >= 4 is 40.4 Å². The molecule has 0 fully saturated rings. The quantitative estimate of drug-likeness (QED) is 0.569. The van der Waals surface area contributed by atoms with Crippen molar-refractivity contribution in [2.75, 3.05) is 19.0 Å². The van der Waals surface area contributed by atoms with Crippen LogP contribution in [-0.2, 0) is 11.2 Å². The van der Waals surface area contributed by atoms with Gasteiger partial charge in [0.2, 0.25) is 5.88 Å². The predicted molar refractivity (Wildman–Crippen MR) is 111 cm³/mol. The van der Waals surface area contributed by atoms with Gasteiger partial charge in [-0.25, -0.2) is 14.8 Å². The molecule has 3 rings (SSSR count). The minimum atomic E-state index is -0.376. The Morgan fingerprint density at radius 3 is 2.66 bits per heavy atom. The molecule has 0 spiro atoms. The first-order valence-electron chi connectivity index (χ1n) is 8.82. The van der Waals surface area contributed by atoms with Crippen molar-refractivity contribution in [2.45, 2.75) is 27.2 Å². The number of esters is 1. The summed E-state index contributed by atoms with van der Waals surface area (Å²) in [4.78, 5) is 34.7. The van der Waals surface area contributed by atoms with E-state index in [1.165, 1.54) is 36.2 Å². The van der Waals surface area contributed by atoms with Crippen molar-refractivity contribution < 1.29 is 19.1 Å². The number of anilines is 1. The largest absolute Gasteiger partial charge is 0.481 e. The molecule has 0 aliphatic heterocycles. The van der Waals surface area contributed by atoms with Gasteiger partial charge in [-0.05, 0) is 38.4 Å². The Labute approximate surface area is 176 Å². The molecule has 0 aliphatic rings. The maximum atomic E-state index is 12.8. The molecule has 1 amide bonds. The smallest absolute Gasteiger partial charge is 0.350 e. The molecule has 0 radical (unpaired) electrons. The fourth-order valence-corrected chi connectivity index (χ4v) is 4.58. The van der Waals surface area contributed by atoms with Crippen molar-refractivity contribution in [2.24, 2.45) is 0 Å². The zero-order valence-electron chi connectivity index (χ0n) is 16.4. The molecule has 0 bridgehead atoms. The van der Waals surface area contributed by atoms with Crippen molar-refractivity contribution in [1.29, 1.82) is 0 Å². The van der Waals surface area contributed by atoms with Crippen molar-refractivity contribution in [3.8, 4) is 5.88 Å². The number of carbonyl (C=O) groups is 2. The number of nitrogens with zero attached hydrogens (tertiary/aromatic N) is 3. The average Bonchev–Trinajstić information content (AvgIpc) is 3.25. The Bertz CT molecular complexity index is 1030. The fourth-order valence-electron chi connectivity index (χ4n) is 2.65. The van der Waals surface area contributed by atoms with E-state index >= 15 is 0 Å². The van der Waals surface area contributed by atoms with Crippen LogP contribution in [0.1, 0.15) is 48.2 Å². The van der Waals surface area contributed by atoms with Crippen LogP contribution in [-0.4, -0.2) is 39.9 Å². The first kappa shape index (κ1) is 20.9. The van der Waals surface area contributed by atoms with Crippen LogP contribution >= 0.6 is 22.9 Å². The number of thiazole rings is 1. The van der Waals surface area contributed by atoms with Crippen LogP contribution in [0.4, 0.5) is 5.69 Å². The number of carbonyl (C=O) groups excluding carboxylic acids is 2. The SMILES string of the molecule is CCOC(=O)c1sc(Cc2snc(C)c2C(=O)Nc2ccc(OC)nc2)nc1C. The average molecular weight is 433 g/mol. The summed E-state index contributed by atoms with van der Waals surface area (Å²) in [5, 5.41) is 3.56. The summed E-state index contributed by atoms with van der Waals surface area (Å²) in [6, 6.07) is 3.39. The zero-order chi connectivity index (χ0) is 21.0. The summed E-state index contributed by atoms with van der Waals surface area (Å²) in [5.74, 6) is -0.176. The van der Waals surface area contributed by atoms with E-state index in [0.717, 1.165) is 9.88 Å². The van der Waals surface area contributed by atoms with Gasteiger partial charge in [-0.3, -0.25) is 4.79 Å². The van der Waals surface area contributed by atoms with Gasteiger partial charge in [0.05, 0.1) is 47.6 Å². The molecule has 10 heteroatoms. The van der Waals surface area contributed by atoms with Crippen LogP contribution in [0.2, 0.25) is 0 Å². The molecule has 0 saturated carbocycles. The van der Waals surface area contributed by atoms with E-state index in [1.807, 2.05) is 0 Å². The van der Waals surface area contributed by atoms with Gasteiger partial charge in [0.1, 0.15) is 4.88 Å². The van der Waals surface area contributed by atoms with Crippen molar-refractivity contribution in [3.05, 3.63) is 50.0 Å². The predicted octanol–water partition coefficient (Wildman–Crippen LogP) is 3.64. The number of aromatic nitrogens is 3. The van der Waals surface area contributed by atoms with E-state index in [4.69, 9.17) is 9.47 Å². The van der Waals surface area contributed by atoms with Crippen molar-refractivity contribution in [3.63, 3.8) is 0 Å². The minimum absolute atomic E-state index is 0.267. The lowest BCUT2D eigenvalue weighted by Crippen LogP contribution is -2.14. The topological polar surface area (TPSA) is 103 Å². The summed E-state index contributed by atoms with van der Waals surface area (Å²) >= 11 is 2.53. The highest BCUT2D eigenvalue weighted by Gasteiger charge is 2.22. The van der Waals surface area contributed by atoms with Crippen molar-refractivity contribution in [1.82, 2.24) is 14.3 Å². The number of aryl methyl sites for hydroxylation is 2. The molecule has 0 aliphatic carbocycles. The van der Waals surface area contributed by atoms with Gasteiger partial charge in [-0.2, -0.15) is 4.37 Å². The van der Waals surface area contributed by atoms with Gasteiger partial charge in [-0.1, -0.05) is 0 Å². The lowest BCUT2D eigenvalue weighted by Gasteiger charge is -2.06. The number of ether oxygens (including phenoxy) is 2. The highest BCUT2D eigenvalue weighted by molar-refractivity contribution is 7.14. The molecule has 8 nitrogen and oxygen atoms in total. The summed E-state index contributed by atoms with van der Waals surface area (Å²) in [5.41, 5.74) is 2.33. The summed E-state index contributed by atoms with van der Waals surface area (Å²) < 4.78 is 14.4. The van der Waals surface area contributed by atoms with Gasteiger partial charge in [0.25, 0.3) is 5.91 Å². The summed E-state index contributed by atoms with van der Waals surface area (Å²) in [6.07, 6.45) is 1.95. The number of amides is 1.